The molecule has 1 amide bonds. The standard InChI is InChI=1S/C17H21N3OS/c1-11(14-8-18-9-14)16(21)19-12(2)17-20-15(10-22-17)13-6-4-3-5-7-13/h3-7,10-12,14,18H,8-9H2,1-2H3,(H,19,21). The van der Waals surface area contributed by atoms with Gasteiger partial charge < -0.3 is 10.6 Å². The number of amides is 1. The molecule has 1 aromatic heterocycles. The summed E-state index contributed by atoms with van der Waals surface area (Å²) >= 11 is 1.60. The highest BCUT2D eigenvalue weighted by Gasteiger charge is 2.29. The molecule has 2 heterocycles. The quantitative estimate of drug-likeness (QED) is 0.892. The fraction of sp³-hybridized carbons (Fsp3) is 0.412. The molecule has 0 aliphatic carbocycles. The Morgan fingerprint density at radius 3 is 2.68 bits per heavy atom. The SMILES string of the molecule is CC(NC(=O)C(C)C1CNC1)c1nc(-c2ccccc2)cs1. The number of carbonyl (C=O) groups excluding carboxylic acids is 1. The van der Waals surface area contributed by atoms with Gasteiger partial charge in [0.25, 0.3) is 0 Å². The first kappa shape index (κ1) is 15.2. The molecule has 0 bridgehead atoms. The fourth-order valence-electron chi connectivity index (χ4n) is 2.51. The van der Waals surface area contributed by atoms with E-state index in [0.29, 0.717) is 5.92 Å². The molecule has 1 aromatic carbocycles. The molecule has 1 saturated heterocycles. The number of hydrogen-bond donors (Lipinski definition) is 2. The van der Waals surface area contributed by atoms with E-state index in [0.717, 1.165) is 29.4 Å². The minimum atomic E-state index is -0.0505. The zero-order valence-electron chi connectivity index (χ0n) is 12.9. The summed E-state index contributed by atoms with van der Waals surface area (Å²) in [6.45, 7) is 5.89. The van der Waals surface area contributed by atoms with Crippen molar-refractivity contribution < 1.29 is 4.79 Å². The van der Waals surface area contributed by atoms with Crippen LogP contribution < -0.4 is 10.6 Å². The Hall–Kier alpha value is -1.72. The van der Waals surface area contributed by atoms with E-state index in [1.165, 1.54) is 0 Å². The Kier molecular flexibility index (Phi) is 4.55. The van der Waals surface area contributed by atoms with Gasteiger partial charge >= 0.3 is 0 Å². The van der Waals surface area contributed by atoms with Crippen LogP contribution in [0.3, 0.4) is 0 Å². The number of thiazole rings is 1. The maximum Gasteiger partial charge on any atom is 0.223 e. The third-order valence-electron chi connectivity index (χ3n) is 4.25. The van der Waals surface area contributed by atoms with E-state index < -0.39 is 0 Å². The van der Waals surface area contributed by atoms with Gasteiger partial charge in [0.05, 0.1) is 11.7 Å². The average Bonchev–Trinajstić information content (AvgIpc) is 2.96. The molecule has 4 nitrogen and oxygen atoms in total. The smallest absolute Gasteiger partial charge is 0.223 e. The fourth-order valence-corrected chi connectivity index (χ4v) is 3.35. The van der Waals surface area contributed by atoms with Crippen molar-refractivity contribution in [2.75, 3.05) is 13.1 Å². The van der Waals surface area contributed by atoms with Crippen LogP contribution in [0.5, 0.6) is 0 Å². The second kappa shape index (κ2) is 6.58. The first-order valence-corrected chi connectivity index (χ1v) is 8.55. The molecule has 116 valence electrons. The molecule has 2 N–H and O–H groups in total. The van der Waals surface area contributed by atoms with E-state index in [1.54, 1.807) is 11.3 Å². The third-order valence-corrected chi connectivity index (χ3v) is 5.28. The van der Waals surface area contributed by atoms with Crippen LogP contribution >= 0.6 is 11.3 Å². The number of rotatable bonds is 5. The summed E-state index contributed by atoms with van der Waals surface area (Å²) in [6.07, 6.45) is 0. The normalized spacial score (nSPS) is 17.5. The van der Waals surface area contributed by atoms with Crippen LogP contribution in [0.15, 0.2) is 35.7 Å². The van der Waals surface area contributed by atoms with Crippen LogP contribution in [-0.4, -0.2) is 24.0 Å². The van der Waals surface area contributed by atoms with Crippen LogP contribution in [0, 0.1) is 11.8 Å². The summed E-state index contributed by atoms with van der Waals surface area (Å²) in [4.78, 5) is 16.9. The minimum absolute atomic E-state index is 0.0505. The minimum Gasteiger partial charge on any atom is -0.347 e. The summed E-state index contributed by atoms with van der Waals surface area (Å²) in [5, 5.41) is 9.30. The highest BCUT2D eigenvalue weighted by Crippen LogP contribution is 2.26. The first-order chi connectivity index (χ1) is 10.6. The zero-order valence-corrected chi connectivity index (χ0v) is 13.7. The molecule has 1 aliphatic rings. The highest BCUT2D eigenvalue weighted by molar-refractivity contribution is 7.10. The summed E-state index contributed by atoms with van der Waals surface area (Å²) in [5.74, 6) is 0.635. The molecule has 1 fully saturated rings. The molecule has 0 spiro atoms. The molecule has 0 radical (unpaired) electrons. The molecule has 2 aromatic rings. The van der Waals surface area contributed by atoms with Gasteiger partial charge in [-0.15, -0.1) is 11.3 Å². The predicted octanol–water partition coefficient (Wildman–Crippen LogP) is 2.84. The van der Waals surface area contributed by atoms with Gasteiger partial charge in [-0.25, -0.2) is 4.98 Å². The number of carbonyl (C=O) groups is 1. The molecular formula is C17H21N3OS. The second-order valence-electron chi connectivity index (χ2n) is 5.87. The van der Waals surface area contributed by atoms with Crippen molar-refractivity contribution in [2.45, 2.75) is 19.9 Å². The molecule has 2 unspecified atom stereocenters. The lowest BCUT2D eigenvalue weighted by molar-refractivity contribution is -0.127. The van der Waals surface area contributed by atoms with Gasteiger partial charge in [0.15, 0.2) is 0 Å². The van der Waals surface area contributed by atoms with Crippen LogP contribution in [0.4, 0.5) is 0 Å². The molecule has 1 aliphatic heterocycles. The topological polar surface area (TPSA) is 54.0 Å². The van der Waals surface area contributed by atoms with Gasteiger partial charge in [-0.1, -0.05) is 37.3 Å². The van der Waals surface area contributed by atoms with Crippen LogP contribution in [-0.2, 0) is 4.79 Å². The van der Waals surface area contributed by atoms with E-state index in [1.807, 2.05) is 49.6 Å². The molecule has 3 rings (SSSR count). The third kappa shape index (κ3) is 3.20. The summed E-state index contributed by atoms with van der Waals surface area (Å²) in [6, 6.07) is 10.1. The lowest BCUT2D eigenvalue weighted by Crippen LogP contribution is -2.49. The molecule has 0 saturated carbocycles. The Labute approximate surface area is 135 Å². The maximum atomic E-state index is 12.3. The highest BCUT2D eigenvalue weighted by atomic mass is 32.1. The maximum absolute atomic E-state index is 12.3. The van der Waals surface area contributed by atoms with Gasteiger partial charge in [-0.2, -0.15) is 0 Å². The van der Waals surface area contributed by atoms with Crippen molar-refractivity contribution in [3.63, 3.8) is 0 Å². The van der Waals surface area contributed by atoms with E-state index >= 15 is 0 Å². The van der Waals surface area contributed by atoms with Crippen molar-refractivity contribution >= 4 is 17.2 Å². The lowest BCUT2D eigenvalue weighted by atomic mass is 9.88. The average molecular weight is 315 g/mol. The van der Waals surface area contributed by atoms with Crippen molar-refractivity contribution in [2.24, 2.45) is 11.8 Å². The van der Waals surface area contributed by atoms with Gasteiger partial charge in [0.1, 0.15) is 5.01 Å². The van der Waals surface area contributed by atoms with Gasteiger partial charge in [-0.05, 0) is 25.9 Å². The number of aromatic nitrogens is 1. The van der Waals surface area contributed by atoms with Crippen molar-refractivity contribution in [1.29, 1.82) is 0 Å². The first-order valence-electron chi connectivity index (χ1n) is 7.67. The Morgan fingerprint density at radius 2 is 2.05 bits per heavy atom. The largest absolute Gasteiger partial charge is 0.347 e. The number of hydrogen-bond acceptors (Lipinski definition) is 4. The zero-order chi connectivity index (χ0) is 15.5. The molecular weight excluding hydrogens is 294 g/mol. The van der Waals surface area contributed by atoms with E-state index in [-0.39, 0.29) is 17.9 Å². The van der Waals surface area contributed by atoms with Crippen LogP contribution in [0.2, 0.25) is 0 Å². The van der Waals surface area contributed by atoms with Gasteiger partial charge in [0, 0.05) is 16.9 Å². The second-order valence-corrected chi connectivity index (χ2v) is 6.76. The van der Waals surface area contributed by atoms with Gasteiger partial charge in [0.2, 0.25) is 5.91 Å². The van der Waals surface area contributed by atoms with Crippen LogP contribution in [0.1, 0.15) is 24.9 Å². The lowest BCUT2D eigenvalue weighted by Gasteiger charge is -2.32. The Bertz CT molecular complexity index is 636. The van der Waals surface area contributed by atoms with E-state index in [4.69, 9.17) is 0 Å². The summed E-state index contributed by atoms with van der Waals surface area (Å²) < 4.78 is 0. The van der Waals surface area contributed by atoms with Crippen molar-refractivity contribution in [3.05, 3.63) is 40.7 Å². The predicted molar refractivity (Wildman–Crippen MR) is 89.6 cm³/mol. The number of nitrogens with zero attached hydrogens (tertiary/aromatic N) is 1. The molecule has 2 atom stereocenters. The summed E-state index contributed by atoms with van der Waals surface area (Å²) in [5.41, 5.74) is 2.08. The number of nitrogens with one attached hydrogen (secondary N) is 2. The molecule has 5 heteroatoms. The van der Waals surface area contributed by atoms with Gasteiger partial charge in [-0.3, -0.25) is 4.79 Å². The van der Waals surface area contributed by atoms with Crippen LogP contribution in [0.25, 0.3) is 11.3 Å². The Balaban J connectivity index is 1.64. The Morgan fingerprint density at radius 1 is 1.32 bits per heavy atom. The van der Waals surface area contributed by atoms with Crippen molar-refractivity contribution in [1.82, 2.24) is 15.6 Å². The summed E-state index contributed by atoms with van der Waals surface area (Å²) in [7, 11) is 0. The van der Waals surface area contributed by atoms with E-state index in [9.17, 15) is 4.79 Å². The monoisotopic (exact) mass is 315 g/mol. The molecule has 22 heavy (non-hydrogen) atoms. The van der Waals surface area contributed by atoms with Crippen molar-refractivity contribution in [3.8, 4) is 11.3 Å². The van der Waals surface area contributed by atoms with E-state index in [2.05, 4.69) is 15.6 Å². The number of benzene rings is 1.